The van der Waals surface area contributed by atoms with Crippen LogP contribution in [-0.4, -0.2) is 26.3 Å². The Morgan fingerprint density at radius 1 is 1.41 bits per heavy atom. The van der Waals surface area contributed by atoms with Crippen LogP contribution in [0.3, 0.4) is 0 Å². The van der Waals surface area contributed by atoms with Crippen molar-refractivity contribution in [3.8, 4) is 6.07 Å². The molecule has 0 saturated heterocycles. The Hall–Kier alpha value is -1.60. The number of hydrogen-bond acceptors (Lipinski definition) is 3. The molecule has 0 aliphatic heterocycles. The number of nitriles is 1. The lowest BCUT2D eigenvalue weighted by Crippen LogP contribution is -2.27. The van der Waals surface area contributed by atoms with E-state index in [0.29, 0.717) is 25.3 Å². The SMILES string of the molecule is CCOCCN(CC)c1ccc(F)cc1C#N. The van der Waals surface area contributed by atoms with Gasteiger partial charge >= 0.3 is 0 Å². The predicted octanol–water partition coefficient (Wildman–Crippen LogP) is 2.56. The minimum absolute atomic E-state index is 0.364. The Morgan fingerprint density at radius 3 is 2.76 bits per heavy atom. The molecular weight excluding hydrogens is 219 g/mol. The Kier molecular flexibility index (Phi) is 5.44. The second kappa shape index (κ2) is 6.87. The number of anilines is 1. The van der Waals surface area contributed by atoms with Crippen LogP contribution < -0.4 is 4.90 Å². The highest BCUT2D eigenvalue weighted by atomic mass is 19.1. The largest absolute Gasteiger partial charge is 0.380 e. The van der Waals surface area contributed by atoms with E-state index in [-0.39, 0.29) is 5.82 Å². The molecular formula is C13H17FN2O. The summed E-state index contributed by atoms with van der Waals surface area (Å²) in [6, 6.07) is 6.30. The van der Waals surface area contributed by atoms with E-state index in [9.17, 15) is 4.39 Å². The fourth-order valence-electron chi connectivity index (χ4n) is 1.64. The van der Waals surface area contributed by atoms with Crippen molar-refractivity contribution in [3.63, 3.8) is 0 Å². The van der Waals surface area contributed by atoms with Gasteiger partial charge in [-0.2, -0.15) is 5.26 Å². The molecule has 92 valence electrons. The summed E-state index contributed by atoms with van der Waals surface area (Å²) >= 11 is 0. The fraction of sp³-hybridized carbons (Fsp3) is 0.462. The summed E-state index contributed by atoms with van der Waals surface area (Å²) in [6.07, 6.45) is 0. The Bertz CT molecular complexity index is 401. The highest BCUT2D eigenvalue weighted by molar-refractivity contribution is 5.59. The van der Waals surface area contributed by atoms with Gasteiger partial charge in [-0.3, -0.25) is 0 Å². The third-order valence-corrected chi connectivity index (χ3v) is 2.51. The molecule has 3 nitrogen and oxygen atoms in total. The average Bonchev–Trinajstić information content (AvgIpc) is 2.35. The van der Waals surface area contributed by atoms with Crippen LogP contribution in [0.4, 0.5) is 10.1 Å². The smallest absolute Gasteiger partial charge is 0.124 e. The van der Waals surface area contributed by atoms with Crippen LogP contribution in [0, 0.1) is 17.1 Å². The molecule has 0 saturated carbocycles. The van der Waals surface area contributed by atoms with Crippen molar-refractivity contribution in [1.29, 1.82) is 5.26 Å². The second-order valence-electron chi connectivity index (χ2n) is 3.55. The number of ether oxygens (including phenoxy) is 1. The molecule has 0 aliphatic rings. The maximum Gasteiger partial charge on any atom is 0.124 e. The van der Waals surface area contributed by atoms with Crippen LogP contribution in [0.1, 0.15) is 19.4 Å². The molecule has 1 aromatic rings. The van der Waals surface area contributed by atoms with Crippen molar-refractivity contribution >= 4 is 5.69 Å². The van der Waals surface area contributed by atoms with E-state index in [1.54, 1.807) is 6.07 Å². The van der Waals surface area contributed by atoms with E-state index in [0.717, 1.165) is 12.2 Å². The van der Waals surface area contributed by atoms with Crippen molar-refractivity contribution in [2.24, 2.45) is 0 Å². The number of halogens is 1. The van der Waals surface area contributed by atoms with Crippen molar-refractivity contribution < 1.29 is 9.13 Å². The minimum atomic E-state index is -0.383. The van der Waals surface area contributed by atoms with Gasteiger partial charge in [0.15, 0.2) is 0 Å². The van der Waals surface area contributed by atoms with Gasteiger partial charge in [-0.05, 0) is 32.0 Å². The monoisotopic (exact) mass is 236 g/mol. The number of benzene rings is 1. The molecule has 0 aromatic heterocycles. The van der Waals surface area contributed by atoms with Crippen molar-refractivity contribution in [1.82, 2.24) is 0 Å². The topological polar surface area (TPSA) is 36.3 Å². The molecule has 0 radical (unpaired) electrons. The summed E-state index contributed by atoms with van der Waals surface area (Å²) in [5, 5.41) is 8.98. The van der Waals surface area contributed by atoms with Gasteiger partial charge in [-0.15, -0.1) is 0 Å². The first kappa shape index (κ1) is 13.5. The average molecular weight is 236 g/mol. The molecule has 1 aromatic carbocycles. The summed E-state index contributed by atoms with van der Waals surface area (Å²) in [5.41, 5.74) is 1.12. The quantitative estimate of drug-likeness (QED) is 0.712. The highest BCUT2D eigenvalue weighted by Crippen LogP contribution is 2.20. The van der Waals surface area contributed by atoms with Crippen molar-refractivity contribution in [2.45, 2.75) is 13.8 Å². The number of hydrogen-bond donors (Lipinski definition) is 0. The molecule has 0 atom stereocenters. The zero-order chi connectivity index (χ0) is 12.7. The molecule has 0 heterocycles. The Labute approximate surface area is 101 Å². The summed E-state index contributed by atoms with van der Waals surface area (Å²) in [4.78, 5) is 2.01. The first-order chi connectivity index (χ1) is 8.22. The summed E-state index contributed by atoms with van der Waals surface area (Å²) in [7, 11) is 0. The molecule has 0 bridgehead atoms. The van der Waals surface area contributed by atoms with Crippen LogP contribution in [0.25, 0.3) is 0 Å². The number of nitrogens with zero attached hydrogens (tertiary/aromatic N) is 2. The van der Waals surface area contributed by atoms with E-state index in [1.807, 2.05) is 24.8 Å². The van der Waals surface area contributed by atoms with Gasteiger partial charge in [0.25, 0.3) is 0 Å². The van der Waals surface area contributed by atoms with Crippen molar-refractivity contribution in [3.05, 3.63) is 29.6 Å². The van der Waals surface area contributed by atoms with Gasteiger partial charge in [0, 0.05) is 19.7 Å². The van der Waals surface area contributed by atoms with Gasteiger partial charge in [0.1, 0.15) is 11.9 Å². The van der Waals surface area contributed by atoms with E-state index < -0.39 is 0 Å². The zero-order valence-electron chi connectivity index (χ0n) is 10.2. The molecule has 0 fully saturated rings. The van der Waals surface area contributed by atoms with Gasteiger partial charge < -0.3 is 9.64 Å². The van der Waals surface area contributed by atoms with Gasteiger partial charge in [-0.25, -0.2) is 4.39 Å². The van der Waals surface area contributed by atoms with Crippen LogP contribution >= 0.6 is 0 Å². The number of likely N-dealkylation sites (N-methyl/N-ethyl adjacent to an activating group) is 1. The van der Waals surface area contributed by atoms with E-state index in [1.165, 1.54) is 12.1 Å². The van der Waals surface area contributed by atoms with Gasteiger partial charge in [-0.1, -0.05) is 0 Å². The van der Waals surface area contributed by atoms with Crippen LogP contribution in [0.2, 0.25) is 0 Å². The number of rotatable bonds is 6. The third-order valence-electron chi connectivity index (χ3n) is 2.51. The van der Waals surface area contributed by atoms with E-state index >= 15 is 0 Å². The molecule has 0 unspecified atom stereocenters. The zero-order valence-corrected chi connectivity index (χ0v) is 10.2. The lowest BCUT2D eigenvalue weighted by molar-refractivity contribution is 0.154. The highest BCUT2D eigenvalue weighted by Gasteiger charge is 2.10. The molecule has 0 amide bonds. The van der Waals surface area contributed by atoms with Gasteiger partial charge in [0.05, 0.1) is 17.9 Å². The fourth-order valence-corrected chi connectivity index (χ4v) is 1.64. The van der Waals surface area contributed by atoms with Gasteiger partial charge in [0.2, 0.25) is 0 Å². The summed E-state index contributed by atoms with van der Waals surface area (Å²) in [5.74, 6) is -0.383. The minimum Gasteiger partial charge on any atom is -0.380 e. The van der Waals surface area contributed by atoms with Crippen molar-refractivity contribution in [2.75, 3.05) is 31.2 Å². The molecule has 0 aliphatic carbocycles. The molecule has 0 N–H and O–H groups in total. The van der Waals surface area contributed by atoms with E-state index in [4.69, 9.17) is 10.00 Å². The normalized spacial score (nSPS) is 10.0. The van der Waals surface area contributed by atoms with Crippen LogP contribution in [0.5, 0.6) is 0 Å². The molecule has 4 heteroatoms. The first-order valence-corrected chi connectivity index (χ1v) is 5.75. The van der Waals surface area contributed by atoms with E-state index in [2.05, 4.69) is 0 Å². The third kappa shape index (κ3) is 3.72. The molecule has 1 rings (SSSR count). The lowest BCUT2D eigenvalue weighted by Gasteiger charge is -2.23. The molecule has 17 heavy (non-hydrogen) atoms. The summed E-state index contributed by atoms with van der Waals surface area (Å²) < 4.78 is 18.3. The predicted molar refractivity (Wildman–Crippen MR) is 65.5 cm³/mol. The molecule has 0 spiro atoms. The lowest BCUT2D eigenvalue weighted by atomic mass is 10.1. The standard InChI is InChI=1S/C13H17FN2O/c1-3-16(7-8-17-4-2)13-6-5-12(14)9-11(13)10-15/h5-6,9H,3-4,7-8H2,1-2H3. The first-order valence-electron chi connectivity index (χ1n) is 5.75. The van der Waals surface area contributed by atoms with Crippen LogP contribution in [-0.2, 0) is 4.74 Å². The maximum atomic E-state index is 13.0. The Morgan fingerprint density at radius 2 is 2.18 bits per heavy atom. The van der Waals surface area contributed by atoms with Crippen LogP contribution in [0.15, 0.2) is 18.2 Å². The summed E-state index contributed by atoms with van der Waals surface area (Å²) in [6.45, 7) is 6.67. The Balaban J connectivity index is 2.84. The maximum absolute atomic E-state index is 13.0. The second-order valence-corrected chi connectivity index (χ2v) is 3.55.